The number of hydrogen-bond donors (Lipinski definition) is 2. The van der Waals surface area contributed by atoms with E-state index in [0.717, 1.165) is 30.9 Å². The minimum absolute atomic E-state index is 0.524. The number of aryl methyl sites for hydroxylation is 1. The van der Waals surface area contributed by atoms with Gasteiger partial charge in [0.15, 0.2) is 6.04 Å². The lowest BCUT2D eigenvalue weighted by Gasteiger charge is -2.31. The summed E-state index contributed by atoms with van der Waals surface area (Å²) in [5.41, 5.74) is 1.55. The topological polar surface area (TPSA) is 87.0 Å². The lowest BCUT2D eigenvalue weighted by atomic mass is 10.0. The van der Waals surface area contributed by atoms with E-state index in [1.807, 2.05) is 11.1 Å². The molecule has 2 aromatic rings. The zero-order chi connectivity index (χ0) is 14.8. The van der Waals surface area contributed by atoms with Gasteiger partial charge in [0, 0.05) is 37.6 Å². The van der Waals surface area contributed by atoms with Crippen molar-refractivity contribution in [2.45, 2.75) is 38.9 Å². The van der Waals surface area contributed by atoms with Gasteiger partial charge < -0.3 is 14.7 Å². The zero-order valence-corrected chi connectivity index (χ0v) is 12.0. The molecule has 112 valence electrons. The molecular formula is C14H19N5O2. The van der Waals surface area contributed by atoms with Crippen LogP contribution in [-0.4, -0.2) is 42.0 Å². The second-order valence-corrected chi connectivity index (χ2v) is 5.26. The van der Waals surface area contributed by atoms with E-state index in [1.54, 1.807) is 12.5 Å². The third-order valence-electron chi connectivity index (χ3n) is 3.87. The smallest absolute Gasteiger partial charge is 0.327 e. The van der Waals surface area contributed by atoms with Crippen LogP contribution in [-0.2, 0) is 24.3 Å². The lowest BCUT2D eigenvalue weighted by molar-refractivity contribution is -0.144. The predicted octanol–water partition coefficient (Wildman–Crippen LogP) is 1.20. The van der Waals surface area contributed by atoms with Crippen LogP contribution >= 0.6 is 0 Å². The maximum Gasteiger partial charge on any atom is 0.327 e. The minimum atomic E-state index is -0.864. The van der Waals surface area contributed by atoms with Crippen molar-refractivity contribution in [2.75, 3.05) is 6.54 Å². The van der Waals surface area contributed by atoms with Gasteiger partial charge in [0.05, 0.1) is 18.6 Å². The largest absolute Gasteiger partial charge is 0.480 e. The van der Waals surface area contributed by atoms with Gasteiger partial charge >= 0.3 is 5.97 Å². The van der Waals surface area contributed by atoms with Crippen molar-refractivity contribution in [1.82, 2.24) is 24.4 Å². The highest BCUT2D eigenvalue weighted by atomic mass is 16.4. The van der Waals surface area contributed by atoms with Gasteiger partial charge in [0.2, 0.25) is 0 Å². The molecule has 1 aliphatic heterocycles. The van der Waals surface area contributed by atoms with E-state index < -0.39 is 12.0 Å². The third-order valence-corrected chi connectivity index (χ3v) is 3.87. The number of hydrogen-bond acceptors (Lipinski definition) is 4. The molecule has 1 atom stereocenters. The summed E-state index contributed by atoms with van der Waals surface area (Å²) in [6.07, 6.45) is 7.09. The van der Waals surface area contributed by atoms with E-state index in [-0.39, 0.29) is 0 Å². The monoisotopic (exact) mass is 289 g/mol. The fraction of sp³-hybridized carbons (Fsp3) is 0.500. The first-order valence-corrected chi connectivity index (χ1v) is 7.19. The van der Waals surface area contributed by atoms with Gasteiger partial charge in [-0.15, -0.1) is 0 Å². The second-order valence-electron chi connectivity index (χ2n) is 5.26. The number of carboxylic acids is 1. The molecule has 3 rings (SSSR count). The molecule has 0 bridgehead atoms. The standard InChI is InChI=1S/C14H19N5O2/c1-2-5-18-7-4-15-11(18)8-19-6-3-10-12(17-9-16-10)13(19)14(20)21/h4,7,9,13H,2-3,5-6,8H2,1H3,(H,16,17)(H,20,21)/t13-/m0/s1. The first kappa shape index (κ1) is 13.8. The van der Waals surface area contributed by atoms with E-state index in [4.69, 9.17) is 0 Å². The Balaban J connectivity index is 1.85. The average molecular weight is 289 g/mol. The molecule has 0 fully saturated rings. The number of fused-ring (bicyclic) bond motifs is 1. The number of nitrogens with zero attached hydrogens (tertiary/aromatic N) is 4. The quantitative estimate of drug-likeness (QED) is 0.863. The maximum atomic E-state index is 11.6. The van der Waals surface area contributed by atoms with Crippen LogP contribution in [0.15, 0.2) is 18.7 Å². The molecule has 21 heavy (non-hydrogen) atoms. The van der Waals surface area contributed by atoms with E-state index >= 15 is 0 Å². The Morgan fingerprint density at radius 2 is 2.38 bits per heavy atom. The van der Waals surface area contributed by atoms with Crippen LogP contribution in [0, 0.1) is 0 Å². The number of carboxylic acid groups (broad SMARTS) is 1. The highest BCUT2D eigenvalue weighted by Gasteiger charge is 2.35. The normalized spacial score (nSPS) is 18.6. The number of aliphatic carboxylic acids is 1. The van der Waals surface area contributed by atoms with Crippen LogP contribution in [0.5, 0.6) is 0 Å². The Morgan fingerprint density at radius 3 is 3.14 bits per heavy atom. The number of nitrogens with one attached hydrogen (secondary N) is 1. The maximum absolute atomic E-state index is 11.6. The van der Waals surface area contributed by atoms with Crippen LogP contribution in [0.4, 0.5) is 0 Å². The zero-order valence-electron chi connectivity index (χ0n) is 12.0. The van der Waals surface area contributed by atoms with Gasteiger partial charge in [-0.2, -0.15) is 0 Å². The first-order valence-electron chi connectivity index (χ1n) is 7.19. The van der Waals surface area contributed by atoms with Gasteiger partial charge in [-0.05, 0) is 6.42 Å². The number of H-pyrrole nitrogens is 1. The summed E-state index contributed by atoms with van der Waals surface area (Å²) < 4.78 is 2.08. The summed E-state index contributed by atoms with van der Waals surface area (Å²) in [5, 5.41) is 9.55. The van der Waals surface area contributed by atoms with Crippen molar-refractivity contribution in [3.05, 3.63) is 35.9 Å². The molecule has 0 saturated heterocycles. The molecule has 7 heteroatoms. The van der Waals surface area contributed by atoms with E-state index in [1.165, 1.54) is 0 Å². The van der Waals surface area contributed by atoms with Crippen LogP contribution in [0.25, 0.3) is 0 Å². The van der Waals surface area contributed by atoms with Gasteiger partial charge in [0.1, 0.15) is 5.82 Å². The van der Waals surface area contributed by atoms with Crippen molar-refractivity contribution < 1.29 is 9.90 Å². The van der Waals surface area contributed by atoms with Crippen molar-refractivity contribution in [2.24, 2.45) is 0 Å². The van der Waals surface area contributed by atoms with Gasteiger partial charge in [-0.1, -0.05) is 6.92 Å². The van der Waals surface area contributed by atoms with Crippen LogP contribution in [0.1, 0.15) is 36.6 Å². The summed E-state index contributed by atoms with van der Waals surface area (Å²) >= 11 is 0. The molecule has 0 saturated carbocycles. The predicted molar refractivity (Wildman–Crippen MR) is 75.6 cm³/mol. The Kier molecular flexibility index (Phi) is 3.74. The first-order chi connectivity index (χ1) is 10.2. The van der Waals surface area contributed by atoms with Crippen molar-refractivity contribution in [1.29, 1.82) is 0 Å². The van der Waals surface area contributed by atoms with Crippen LogP contribution in [0.2, 0.25) is 0 Å². The highest BCUT2D eigenvalue weighted by Crippen LogP contribution is 2.28. The molecule has 2 N–H and O–H groups in total. The molecule has 0 radical (unpaired) electrons. The number of aromatic amines is 1. The van der Waals surface area contributed by atoms with Gasteiger partial charge in [0.25, 0.3) is 0 Å². The molecule has 7 nitrogen and oxygen atoms in total. The molecule has 0 spiro atoms. The molecule has 0 aliphatic carbocycles. The van der Waals surface area contributed by atoms with Crippen LogP contribution in [0.3, 0.4) is 0 Å². The fourth-order valence-electron chi connectivity index (χ4n) is 2.89. The van der Waals surface area contributed by atoms with Crippen LogP contribution < -0.4 is 0 Å². The minimum Gasteiger partial charge on any atom is -0.480 e. The summed E-state index contributed by atoms with van der Waals surface area (Å²) in [7, 11) is 0. The van der Waals surface area contributed by atoms with Crippen molar-refractivity contribution >= 4 is 5.97 Å². The third kappa shape index (κ3) is 2.56. The van der Waals surface area contributed by atoms with E-state index in [9.17, 15) is 9.90 Å². The number of rotatable bonds is 5. The Hall–Kier alpha value is -2.15. The molecule has 1 aliphatic rings. The van der Waals surface area contributed by atoms with Gasteiger partial charge in [-0.3, -0.25) is 9.69 Å². The van der Waals surface area contributed by atoms with E-state index in [0.29, 0.717) is 18.8 Å². The average Bonchev–Trinajstić information content (AvgIpc) is 3.08. The summed E-state index contributed by atoms with van der Waals surface area (Å²) in [5.74, 6) is 0.0405. The Labute approximate surface area is 122 Å². The molecule has 0 unspecified atom stereocenters. The molecular weight excluding hydrogens is 270 g/mol. The van der Waals surface area contributed by atoms with Gasteiger partial charge in [-0.25, -0.2) is 9.97 Å². The molecule has 0 amide bonds. The summed E-state index contributed by atoms with van der Waals surface area (Å²) in [6, 6.07) is -0.702. The molecule has 3 heterocycles. The number of carbonyl (C=O) groups is 1. The number of aromatic nitrogens is 4. The highest BCUT2D eigenvalue weighted by molar-refractivity contribution is 5.75. The molecule has 2 aromatic heterocycles. The second kappa shape index (κ2) is 5.69. The fourth-order valence-corrected chi connectivity index (χ4v) is 2.89. The lowest BCUT2D eigenvalue weighted by Crippen LogP contribution is -2.40. The summed E-state index contributed by atoms with van der Waals surface area (Å²) in [4.78, 5) is 25.2. The van der Waals surface area contributed by atoms with Crippen molar-refractivity contribution in [3.8, 4) is 0 Å². The van der Waals surface area contributed by atoms with E-state index in [2.05, 4.69) is 26.4 Å². The summed E-state index contributed by atoms with van der Waals surface area (Å²) in [6.45, 7) is 4.22. The Morgan fingerprint density at radius 1 is 1.52 bits per heavy atom. The SMILES string of the molecule is CCCn1ccnc1CN1CCc2[nH]cnc2[C@H]1C(=O)O. The number of imidazole rings is 2. The Bertz CT molecular complexity index is 633. The van der Waals surface area contributed by atoms with Crippen molar-refractivity contribution in [3.63, 3.8) is 0 Å². The molecule has 0 aromatic carbocycles.